The number of carbonyl (C=O) groups excluding carboxylic acids is 2. The maximum absolute atomic E-state index is 13.6. The first kappa shape index (κ1) is 29.6. The molecule has 6 atom stereocenters. The first-order chi connectivity index (χ1) is 18.2. The summed E-state index contributed by atoms with van der Waals surface area (Å²) in [6.45, 7) is 13.0. The second-order valence-electron chi connectivity index (χ2n) is 13.4. The van der Waals surface area contributed by atoms with Crippen molar-refractivity contribution in [3.8, 4) is 0 Å². The van der Waals surface area contributed by atoms with Gasteiger partial charge in [-0.2, -0.15) is 0 Å². The molecule has 0 unspecified atom stereocenters. The predicted molar refractivity (Wildman–Crippen MR) is 147 cm³/mol. The third kappa shape index (κ3) is 6.18. The molecule has 0 aromatic carbocycles. The molecule has 4 aliphatic carbocycles. The number of nitrogens with zero attached hydrogens (tertiary/aromatic N) is 2. The van der Waals surface area contributed by atoms with Crippen molar-refractivity contribution in [2.45, 2.75) is 110 Å². The number of hydrogen-bond donors (Lipinski definition) is 4. The number of amides is 2. The maximum atomic E-state index is 13.6. The van der Waals surface area contributed by atoms with Crippen molar-refractivity contribution in [1.29, 1.82) is 0 Å². The monoisotopic (exact) mass is 548 g/mol. The lowest BCUT2D eigenvalue weighted by Crippen LogP contribution is -2.65. The second kappa shape index (κ2) is 10.9. The van der Waals surface area contributed by atoms with Crippen LogP contribution in [0.5, 0.6) is 0 Å². The van der Waals surface area contributed by atoms with E-state index in [1.54, 1.807) is 5.43 Å². The lowest BCUT2D eigenvalue weighted by atomic mass is 9.43. The summed E-state index contributed by atoms with van der Waals surface area (Å²) in [5.74, 6) is 0.214. The molecule has 1 heterocycles. The first-order valence-corrected chi connectivity index (χ1v) is 14.3. The molecule has 13 heteroatoms. The molecule has 5 fully saturated rings. The fourth-order valence-corrected chi connectivity index (χ4v) is 6.74. The summed E-state index contributed by atoms with van der Waals surface area (Å²) in [6.07, 6.45) is 5.08. The van der Waals surface area contributed by atoms with Gasteiger partial charge in [0.05, 0.1) is 17.6 Å². The van der Waals surface area contributed by atoms with E-state index in [4.69, 9.17) is 15.0 Å². The highest BCUT2D eigenvalue weighted by molar-refractivity contribution is 6.48. The maximum Gasteiger partial charge on any atom is 0.481 e. The number of hydrazine groups is 1. The summed E-state index contributed by atoms with van der Waals surface area (Å²) in [5.41, 5.74) is 6.68. The van der Waals surface area contributed by atoms with Gasteiger partial charge in [-0.05, 0) is 75.0 Å². The fraction of sp³-hybridized carbons (Fsp3) is 0.885. The third-order valence-electron chi connectivity index (χ3n) is 9.66. The number of nitrogens with two attached hydrogens (primary N) is 1. The van der Waals surface area contributed by atoms with Crippen LogP contribution in [0.15, 0.2) is 4.99 Å². The Bertz CT molecular complexity index is 1000. The average molecular weight is 548 g/mol. The van der Waals surface area contributed by atoms with E-state index in [9.17, 15) is 19.7 Å². The topological polar surface area (TPSA) is 170 Å². The number of nitro groups is 1. The van der Waals surface area contributed by atoms with E-state index < -0.39 is 23.6 Å². The summed E-state index contributed by atoms with van der Waals surface area (Å²) in [7, 11) is -0.559. The number of guanidine groups is 1. The zero-order chi connectivity index (χ0) is 28.8. The molecule has 218 valence electrons. The van der Waals surface area contributed by atoms with E-state index in [0.29, 0.717) is 31.1 Å². The van der Waals surface area contributed by atoms with Gasteiger partial charge in [0, 0.05) is 12.0 Å². The molecule has 0 aromatic rings. The Morgan fingerprint density at radius 3 is 2.46 bits per heavy atom. The minimum Gasteiger partial charge on any atom is -0.404 e. The lowest BCUT2D eigenvalue weighted by molar-refractivity contribution is -0.525. The van der Waals surface area contributed by atoms with Crippen LogP contribution in [0.1, 0.15) is 86.5 Å². The molecule has 12 nitrogen and oxygen atoms in total. The van der Waals surface area contributed by atoms with Gasteiger partial charge in [-0.15, -0.1) is 0 Å². The van der Waals surface area contributed by atoms with E-state index in [0.717, 1.165) is 25.7 Å². The van der Waals surface area contributed by atoms with Crippen molar-refractivity contribution in [3.63, 3.8) is 0 Å². The molecule has 39 heavy (non-hydrogen) atoms. The van der Waals surface area contributed by atoms with Crippen molar-refractivity contribution in [3.05, 3.63) is 10.1 Å². The zero-order valence-corrected chi connectivity index (χ0v) is 24.1. The molecule has 1 aliphatic heterocycles. The Morgan fingerprint density at radius 1 is 1.18 bits per heavy atom. The quantitative estimate of drug-likeness (QED) is 0.0716. The van der Waals surface area contributed by atoms with Crippen molar-refractivity contribution in [2.24, 2.45) is 39.3 Å². The van der Waals surface area contributed by atoms with Crippen molar-refractivity contribution in [1.82, 2.24) is 16.1 Å². The molecule has 1 saturated heterocycles. The van der Waals surface area contributed by atoms with E-state index in [2.05, 4.69) is 50.2 Å². The van der Waals surface area contributed by atoms with Crippen LogP contribution >= 0.6 is 0 Å². The normalized spacial score (nSPS) is 31.5. The van der Waals surface area contributed by atoms with Crippen LogP contribution < -0.4 is 21.8 Å². The number of hydrogen-bond acceptors (Lipinski definition) is 7. The summed E-state index contributed by atoms with van der Waals surface area (Å²) in [4.78, 5) is 40.9. The SMILES string of the molecule is CC(C)C[C@H](NC(=O)[C@H](CCCN=C(N)N[N+](=O)[O-])NC(=O)C1(C)CC1)B1O[C@@H]2C[C@H]3C[C@H](C3(C)C)[C@]2(C)O1. The van der Waals surface area contributed by atoms with Gasteiger partial charge in [0.2, 0.25) is 11.8 Å². The van der Waals surface area contributed by atoms with Gasteiger partial charge in [0.1, 0.15) is 6.04 Å². The first-order valence-electron chi connectivity index (χ1n) is 14.3. The van der Waals surface area contributed by atoms with E-state index in [1.807, 2.05) is 6.92 Å². The van der Waals surface area contributed by atoms with Gasteiger partial charge in [-0.3, -0.25) is 9.59 Å². The largest absolute Gasteiger partial charge is 0.481 e. The van der Waals surface area contributed by atoms with Crippen LogP contribution in [0, 0.1) is 38.7 Å². The van der Waals surface area contributed by atoms with Crippen molar-refractivity contribution < 1.29 is 23.9 Å². The van der Waals surface area contributed by atoms with Gasteiger partial charge >= 0.3 is 7.12 Å². The molecular formula is C26H45BN6O6. The average Bonchev–Trinajstić information content (AvgIpc) is 3.47. The highest BCUT2D eigenvalue weighted by atomic mass is 16.7. The Kier molecular flexibility index (Phi) is 8.24. The Morgan fingerprint density at radius 2 is 1.87 bits per heavy atom. The molecule has 5 N–H and O–H groups in total. The predicted octanol–water partition coefficient (Wildman–Crippen LogP) is 1.95. The van der Waals surface area contributed by atoms with E-state index in [-0.39, 0.29) is 53.3 Å². The molecule has 0 aromatic heterocycles. The number of nitrogens with one attached hydrogen (secondary N) is 3. The summed E-state index contributed by atoms with van der Waals surface area (Å²) in [6, 6.07) is -0.782. The highest BCUT2D eigenvalue weighted by Gasteiger charge is 2.68. The Hall–Kier alpha value is -2.41. The van der Waals surface area contributed by atoms with Gasteiger partial charge < -0.3 is 25.7 Å². The van der Waals surface area contributed by atoms with Crippen LogP contribution in [0.25, 0.3) is 0 Å². The Labute approximate surface area is 231 Å². The van der Waals surface area contributed by atoms with Crippen LogP contribution in [-0.4, -0.2) is 60.2 Å². The fourth-order valence-electron chi connectivity index (χ4n) is 6.74. The van der Waals surface area contributed by atoms with E-state index >= 15 is 0 Å². The molecule has 2 amide bonds. The van der Waals surface area contributed by atoms with Gasteiger partial charge in [0.25, 0.3) is 5.96 Å². The van der Waals surface area contributed by atoms with Crippen LogP contribution in [0.2, 0.25) is 0 Å². The summed E-state index contributed by atoms with van der Waals surface area (Å²) < 4.78 is 13.2. The Balaban J connectivity index is 1.43. The molecule has 2 bridgehead atoms. The van der Waals surface area contributed by atoms with Crippen LogP contribution in [0.3, 0.4) is 0 Å². The van der Waals surface area contributed by atoms with E-state index in [1.165, 1.54) is 0 Å². The minimum absolute atomic E-state index is 0.00671. The lowest BCUT2D eigenvalue weighted by Gasteiger charge is -2.64. The minimum atomic E-state index is -0.783. The molecule has 0 spiro atoms. The number of rotatable bonds is 12. The smallest absolute Gasteiger partial charge is 0.404 e. The number of aliphatic imine (C=N–C) groups is 1. The molecule has 5 rings (SSSR count). The van der Waals surface area contributed by atoms with Crippen molar-refractivity contribution in [2.75, 3.05) is 6.54 Å². The second-order valence-corrected chi connectivity index (χ2v) is 13.4. The standard InChI is InChI=1S/C26H45BN6O6/c1-15(2)12-20(27-38-19-14-16-13-18(24(16,3)4)26(19,6)39-27)31-21(34)17(30-22(35)25(5)9-10-25)8-7-11-29-23(28)32-33(36)37/h15-20H,7-14H2,1-6H3,(H,30,35)(H,31,34)(H3,28,29,32)/t16-,17+,18-,19-,20+,26+/m1/s1. The third-order valence-corrected chi connectivity index (χ3v) is 9.66. The highest BCUT2D eigenvalue weighted by Crippen LogP contribution is 2.65. The van der Waals surface area contributed by atoms with Gasteiger partial charge in [0.15, 0.2) is 5.03 Å². The number of carbonyl (C=O) groups is 2. The molecular weight excluding hydrogens is 503 g/mol. The van der Waals surface area contributed by atoms with Crippen LogP contribution in [0.4, 0.5) is 0 Å². The molecule has 0 radical (unpaired) electrons. The summed E-state index contributed by atoms with van der Waals surface area (Å²) >= 11 is 0. The molecule has 5 aliphatic rings. The van der Waals surface area contributed by atoms with Gasteiger partial charge in [-0.25, -0.2) is 15.1 Å². The van der Waals surface area contributed by atoms with Crippen LogP contribution in [-0.2, 0) is 18.9 Å². The zero-order valence-electron chi connectivity index (χ0n) is 24.1. The molecule has 4 saturated carbocycles. The van der Waals surface area contributed by atoms with Crippen molar-refractivity contribution >= 4 is 24.9 Å². The van der Waals surface area contributed by atoms with Gasteiger partial charge in [-0.1, -0.05) is 40.0 Å². The summed E-state index contributed by atoms with van der Waals surface area (Å²) in [5, 5.41) is 15.8.